The topological polar surface area (TPSA) is 108 Å². The molecule has 0 saturated heterocycles. The number of aromatic amines is 1. The molecular formula is C14H16N6O2S. The van der Waals surface area contributed by atoms with Gasteiger partial charge in [0.2, 0.25) is 11.1 Å². The van der Waals surface area contributed by atoms with Gasteiger partial charge in [0.05, 0.1) is 31.8 Å². The van der Waals surface area contributed by atoms with Crippen LogP contribution in [0.15, 0.2) is 28.5 Å². The van der Waals surface area contributed by atoms with Crippen LogP contribution in [0.3, 0.4) is 0 Å². The average Bonchev–Trinajstić information content (AvgIpc) is 3.05. The van der Waals surface area contributed by atoms with Gasteiger partial charge in [-0.1, -0.05) is 11.8 Å². The quantitative estimate of drug-likeness (QED) is 0.455. The van der Waals surface area contributed by atoms with Crippen molar-refractivity contribution in [3.8, 4) is 17.6 Å². The van der Waals surface area contributed by atoms with Crippen LogP contribution >= 0.6 is 11.8 Å². The van der Waals surface area contributed by atoms with Crippen LogP contribution in [-0.2, 0) is 0 Å². The summed E-state index contributed by atoms with van der Waals surface area (Å²) >= 11 is 1.25. The number of nitrogens with one attached hydrogen (secondary N) is 2. The molecule has 0 atom stereocenters. The number of methoxy groups -OCH3 is 2. The molecule has 23 heavy (non-hydrogen) atoms. The third-order valence-electron chi connectivity index (χ3n) is 2.86. The Bertz CT molecular complexity index is 737. The Labute approximate surface area is 137 Å². The Hall–Kier alpha value is -2.73. The molecule has 0 saturated carbocycles. The summed E-state index contributed by atoms with van der Waals surface area (Å²) in [4.78, 5) is 4.16. The Morgan fingerprint density at radius 3 is 2.96 bits per heavy atom. The third kappa shape index (κ3) is 4.37. The van der Waals surface area contributed by atoms with Crippen molar-refractivity contribution in [2.45, 2.75) is 12.1 Å². The predicted octanol–water partition coefficient (Wildman–Crippen LogP) is 2.27. The molecule has 0 spiro atoms. The van der Waals surface area contributed by atoms with E-state index in [-0.39, 0.29) is 0 Å². The minimum absolute atomic E-state index is 0.294. The number of hydrogen-bond acceptors (Lipinski definition) is 8. The van der Waals surface area contributed by atoms with E-state index in [9.17, 15) is 0 Å². The van der Waals surface area contributed by atoms with Crippen LogP contribution in [0.25, 0.3) is 0 Å². The molecule has 1 heterocycles. The van der Waals surface area contributed by atoms with E-state index in [0.717, 1.165) is 5.56 Å². The molecule has 2 N–H and O–H groups in total. The van der Waals surface area contributed by atoms with Crippen molar-refractivity contribution in [3.63, 3.8) is 0 Å². The van der Waals surface area contributed by atoms with Crippen LogP contribution in [-0.4, -0.2) is 40.9 Å². The lowest BCUT2D eigenvalue weighted by Crippen LogP contribution is -2.03. The fraction of sp³-hybridized carbons (Fsp3) is 0.286. The second-order valence-corrected chi connectivity index (χ2v) is 5.23. The predicted molar refractivity (Wildman–Crippen MR) is 88.1 cm³/mol. The summed E-state index contributed by atoms with van der Waals surface area (Å²) in [6.45, 7) is 1.85. The molecule has 0 radical (unpaired) electrons. The number of hydrogen-bond donors (Lipinski definition) is 2. The van der Waals surface area contributed by atoms with Crippen molar-refractivity contribution in [2.24, 2.45) is 5.10 Å². The molecule has 0 aliphatic heterocycles. The van der Waals surface area contributed by atoms with Crippen LogP contribution in [0.2, 0.25) is 0 Å². The molecule has 0 amide bonds. The molecule has 0 aliphatic rings. The molecular weight excluding hydrogens is 316 g/mol. The van der Waals surface area contributed by atoms with Crippen LogP contribution in [0.1, 0.15) is 12.5 Å². The highest BCUT2D eigenvalue weighted by Gasteiger charge is 2.09. The van der Waals surface area contributed by atoms with Gasteiger partial charge >= 0.3 is 0 Å². The van der Waals surface area contributed by atoms with E-state index >= 15 is 0 Å². The maximum Gasteiger partial charge on any atom is 0.240 e. The number of anilines is 1. The summed E-state index contributed by atoms with van der Waals surface area (Å²) < 4.78 is 10.5. The van der Waals surface area contributed by atoms with E-state index < -0.39 is 0 Å². The van der Waals surface area contributed by atoms with Crippen LogP contribution < -0.4 is 14.9 Å². The molecule has 1 aromatic carbocycles. The first-order chi connectivity index (χ1) is 11.2. The molecule has 1 aromatic heterocycles. The molecule has 0 bridgehead atoms. The van der Waals surface area contributed by atoms with Crippen molar-refractivity contribution >= 4 is 23.4 Å². The second kappa shape index (κ2) is 8.05. The lowest BCUT2D eigenvalue weighted by molar-refractivity contribution is 0.394. The van der Waals surface area contributed by atoms with Crippen molar-refractivity contribution in [2.75, 3.05) is 25.4 Å². The minimum Gasteiger partial charge on any atom is -0.497 e. The van der Waals surface area contributed by atoms with Gasteiger partial charge in [0.25, 0.3) is 0 Å². The minimum atomic E-state index is 0.294. The van der Waals surface area contributed by atoms with Gasteiger partial charge in [-0.25, -0.2) is 10.5 Å². The van der Waals surface area contributed by atoms with E-state index in [2.05, 4.69) is 25.7 Å². The normalized spacial score (nSPS) is 11.0. The maximum absolute atomic E-state index is 8.53. The highest BCUT2D eigenvalue weighted by Crippen LogP contribution is 2.25. The largest absolute Gasteiger partial charge is 0.497 e. The number of thioether (sulfide) groups is 1. The summed E-state index contributed by atoms with van der Waals surface area (Å²) in [5.41, 5.74) is 4.34. The number of hydrazone groups is 1. The summed E-state index contributed by atoms with van der Waals surface area (Å²) in [6, 6.07) is 7.51. The SMILES string of the molecule is COc1ccc(/C(C)=N/Nc2nc(SCC#N)n[nH]2)c(OC)c1. The monoisotopic (exact) mass is 332 g/mol. The van der Waals surface area contributed by atoms with E-state index in [4.69, 9.17) is 14.7 Å². The smallest absolute Gasteiger partial charge is 0.240 e. The molecule has 0 unspecified atom stereocenters. The summed E-state index contributed by atoms with van der Waals surface area (Å²) in [5, 5.41) is 19.9. The number of nitrogens with zero attached hydrogens (tertiary/aromatic N) is 4. The molecule has 120 valence electrons. The second-order valence-electron chi connectivity index (χ2n) is 4.29. The zero-order valence-electron chi connectivity index (χ0n) is 13.0. The van der Waals surface area contributed by atoms with Gasteiger partial charge in [0.1, 0.15) is 11.5 Å². The van der Waals surface area contributed by atoms with Gasteiger partial charge in [-0.15, -0.1) is 5.10 Å². The van der Waals surface area contributed by atoms with E-state index in [0.29, 0.717) is 34.1 Å². The molecule has 0 fully saturated rings. The third-order valence-corrected chi connectivity index (χ3v) is 3.57. The van der Waals surface area contributed by atoms with Gasteiger partial charge in [-0.05, 0) is 19.1 Å². The first kappa shape index (κ1) is 16.6. The first-order valence-electron chi connectivity index (χ1n) is 6.62. The summed E-state index contributed by atoms with van der Waals surface area (Å²) in [5.74, 6) is 2.07. The van der Waals surface area contributed by atoms with Gasteiger partial charge in [0, 0.05) is 11.6 Å². The first-order valence-corrected chi connectivity index (χ1v) is 7.61. The summed E-state index contributed by atoms with van der Waals surface area (Å²) in [6.07, 6.45) is 0. The zero-order chi connectivity index (χ0) is 16.7. The van der Waals surface area contributed by atoms with Crippen molar-refractivity contribution in [1.29, 1.82) is 5.26 Å². The number of H-pyrrole nitrogens is 1. The Balaban J connectivity index is 2.11. The summed E-state index contributed by atoms with van der Waals surface area (Å²) in [7, 11) is 3.19. The van der Waals surface area contributed by atoms with E-state index in [1.54, 1.807) is 20.3 Å². The number of rotatable bonds is 7. The lowest BCUT2D eigenvalue weighted by Gasteiger charge is -2.10. The van der Waals surface area contributed by atoms with Crippen molar-refractivity contribution < 1.29 is 9.47 Å². The standard InChI is InChI=1S/C14H16N6O2S/c1-9(11-5-4-10(21-2)8-12(11)22-3)17-18-13-16-14(20-19-13)23-7-6-15/h4-5,8H,7H2,1-3H3,(H2,16,18,19,20)/b17-9+. The highest BCUT2D eigenvalue weighted by atomic mass is 32.2. The molecule has 2 rings (SSSR count). The number of ether oxygens (including phenoxy) is 2. The number of nitriles is 1. The van der Waals surface area contributed by atoms with Crippen molar-refractivity contribution in [1.82, 2.24) is 15.2 Å². The molecule has 8 nitrogen and oxygen atoms in total. The fourth-order valence-corrected chi connectivity index (χ4v) is 2.21. The van der Waals surface area contributed by atoms with E-state index in [1.165, 1.54) is 11.8 Å². The molecule has 2 aromatic rings. The molecule has 0 aliphatic carbocycles. The Morgan fingerprint density at radius 2 is 2.26 bits per heavy atom. The van der Waals surface area contributed by atoms with Crippen LogP contribution in [0.4, 0.5) is 5.95 Å². The number of aromatic nitrogens is 3. The highest BCUT2D eigenvalue weighted by molar-refractivity contribution is 7.99. The Kier molecular flexibility index (Phi) is 5.82. The lowest BCUT2D eigenvalue weighted by atomic mass is 10.1. The zero-order valence-corrected chi connectivity index (χ0v) is 13.8. The molecule has 9 heteroatoms. The number of benzene rings is 1. The Morgan fingerprint density at radius 1 is 1.43 bits per heavy atom. The maximum atomic E-state index is 8.53. The van der Waals surface area contributed by atoms with Crippen molar-refractivity contribution in [3.05, 3.63) is 23.8 Å². The van der Waals surface area contributed by atoms with Gasteiger partial charge in [-0.2, -0.15) is 15.3 Å². The fourth-order valence-electron chi connectivity index (χ4n) is 1.75. The average molecular weight is 332 g/mol. The van der Waals surface area contributed by atoms with Gasteiger partial charge in [0.15, 0.2) is 0 Å². The van der Waals surface area contributed by atoms with Gasteiger partial charge < -0.3 is 9.47 Å². The van der Waals surface area contributed by atoms with Crippen LogP contribution in [0, 0.1) is 11.3 Å². The van der Waals surface area contributed by atoms with E-state index in [1.807, 2.05) is 25.1 Å². The van der Waals surface area contributed by atoms with Crippen LogP contribution in [0.5, 0.6) is 11.5 Å². The van der Waals surface area contributed by atoms with Gasteiger partial charge in [-0.3, -0.25) is 0 Å².